The predicted molar refractivity (Wildman–Crippen MR) is 101 cm³/mol. The number of carbonyl (C=O) groups excluding carboxylic acids is 1. The normalized spacial score (nSPS) is 23.6. The fourth-order valence-electron chi connectivity index (χ4n) is 2.91. The topological polar surface area (TPSA) is 113 Å². The molecule has 2 N–H and O–H groups in total. The maximum Gasteiger partial charge on any atom is 0.171 e. The monoisotopic (exact) mass is 407 g/mol. The van der Waals surface area contributed by atoms with Gasteiger partial charge in [-0.05, 0) is 25.8 Å². The average molecular weight is 408 g/mol. The first-order valence-electron chi connectivity index (χ1n) is 8.43. The van der Waals surface area contributed by atoms with E-state index >= 15 is 0 Å². The second-order valence-corrected chi connectivity index (χ2v) is 9.30. The van der Waals surface area contributed by atoms with Crippen molar-refractivity contribution in [2.75, 3.05) is 12.4 Å². The molecule has 0 heterocycles. The van der Waals surface area contributed by atoms with Crippen molar-refractivity contribution in [3.8, 4) is 0 Å². The first kappa shape index (κ1) is 22.7. The van der Waals surface area contributed by atoms with E-state index in [9.17, 15) is 23.4 Å². The minimum absolute atomic E-state index is 0.0260. The highest BCUT2D eigenvalue weighted by Crippen LogP contribution is 2.35. The van der Waals surface area contributed by atoms with Crippen LogP contribution in [-0.2, 0) is 19.5 Å². The molecule has 0 aromatic rings. The number of halogens is 1. The third-order valence-electron chi connectivity index (χ3n) is 4.29. The van der Waals surface area contributed by atoms with Crippen LogP contribution in [0.3, 0.4) is 0 Å². The Bertz CT molecular complexity index is 713. The summed E-state index contributed by atoms with van der Waals surface area (Å²) in [5.74, 6) is -0.845. The van der Waals surface area contributed by atoms with Gasteiger partial charge in [-0.15, -0.1) is 0 Å². The lowest BCUT2D eigenvalue weighted by Crippen LogP contribution is -2.42. The van der Waals surface area contributed by atoms with Crippen LogP contribution in [-0.4, -0.2) is 53.3 Å². The Kier molecular flexibility index (Phi) is 8.30. The van der Waals surface area contributed by atoms with E-state index < -0.39 is 26.5 Å². The van der Waals surface area contributed by atoms with Crippen molar-refractivity contribution in [1.82, 2.24) is 0 Å². The summed E-state index contributed by atoms with van der Waals surface area (Å²) in [4.78, 5) is 17.5. The van der Waals surface area contributed by atoms with Crippen LogP contribution < -0.4 is 0 Å². The van der Waals surface area contributed by atoms with Gasteiger partial charge in [-0.25, -0.2) is 8.42 Å². The van der Waals surface area contributed by atoms with Gasteiger partial charge in [0.1, 0.15) is 12.4 Å². The highest BCUT2D eigenvalue weighted by atomic mass is 35.5. The highest BCUT2D eigenvalue weighted by Gasteiger charge is 2.42. The first-order valence-corrected chi connectivity index (χ1v) is 10.6. The molecule has 0 amide bonds. The summed E-state index contributed by atoms with van der Waals surface area (Å²) < 4.78 is 23.9. The number of oxime groups is 1. The number of ketones is 1. The molecule has 1 aliphatic rings. The number of aliphatic hydroxyl groups excluding tert-OH is 1. The zero-order valence-corrected chi connectivity index (χ0v) is 16.8. The number of allylic oxidation sites excluding steroid dienone is 1. The van der Waals surface area contributed by atoms with Crippen molar-refractivity contribution < 1.29 is 28.3 Å². The van der Waals surface area contributed by atoms with E-state index in [0.29, 0.717) is 6.42 Å². The summed E-state index contributed by atoms with van der Waals surface area (Å²) in [5.41, 5.74) is -0.0346. The van der Waals surface area contributed by atoms with Crippen molar-refractivity contribution in [2.24, 2.45) is 5.16 Å². The molecule has 0 aromatic heterocycles. The molecule has 0 fully saturated rings. The van der Waals surface area contributed by atoms with E-state index in [4.69, 9.17) is 16.4 Å². The second-order valence-electron chi connectivity index (χ2n) is 6.34. The number of aliphatic hydroxyl groups is 2. The molecule has 1 rings (SSSR count). The highest BCUT2D eigenvalue weighted by molar-refractivity contribution is 7.91. The van der Waals surface area contributed by atoms with Gasteiger partial charge in [-0.3, -0.25) is 4.79 Å². The third kappa shape index (κ3) is 5.82. The Hall–Kier alpha value is -1.38. The predicted octanol–water partition coefficient (Wildman–Crippen LogP) is 2.64. The molecular weight excluding hydrogens is 382 g/mol. The van der Waals surface area contributed by atoms with Crippen molar-refractivity contribution in [2.45, 2.75) is 57.3 Å². The van der Waals surface area contributed by atoms with Gasteiger partial charge in [0.05, 0.1) is 22.1 Å². The standard InChI is InChI=1S/C17H26ClNO6S/c1-4-13(19-25-8-6-7-18)16-14(20)10-17(22,11-15(16)21)9-12(3)26(23,24)5-2/h6-7,12,20,22H,4-5,8-11H2,1-3H3. The molecule has 0 bridgehead atoms. The van der Waals surface area contributed by atoms with E-state index in [2.05, 4.69) is 5.16 Å². The molecule has 148 valence electrons. The zero-order valence-electron chi connectivity index (χ0n) is 15.2. The van der Waals surface area contributed by atoms with Crippen LogP contribution in [0.2, 0.25) is 0 Å². The smallest absolute Gasteiger partial charge is 0.171 e. The molecule has 2 unspecified atom stereocenters. The number of hydrogen-bond donors (Lipinski definition) is 2. The Morgan fingerprint density at radius 3 is 2.58 bits per heavy atom. The van der Waals surface area contributed by atoms with Crippen LogP contribution in [0, 0.1) is 0 Å². The number of carbonyl (C=O) groups is 1. The van der Waals surface area contributed by atoms with Crippen LogP contribution >= 0.6 is 11.6 Å². The number of rotatable bonds is 9. The lowest BCUT2D eigenvalue weighted by molar-refractivity contribution is -0.122. The van der Waals surface area contributed by atoms with Crippen LogP contribution in [0.5, 0.6) is 0 Å². The Labute approximate surface area is 159 Å². The van der Waals surface area contributed by atoms with Gasteiger partial charge in [0.2, 0.25) is 0 Å². The van der Waals surface area contributed by atoms with E-state index in [0.717, 1.165) is 0 Å². The number of sulfone groups is 1. The molecule has 0 radical (unpaired) electrons. The minimum Gasteiger partial charge on any atom is -0.511 e. The summed E-state index contributed by atoms with van der Waals surface area (Å²) >= 11 is 5.38. The third-order valence-corrected chi connectivity index (χ3v) is 6.67. The van der Waals surface area contributed by atoms with Crippen LogP contribution in [0.4, 0.5) is 0 Å². The molecule has 2 atom stereocenters. The minimum atomic E-state index is -3.35. The summed E-state index contributed by atoms with van der Waals surface area (Å²) in [7, 11) is -3.35. The Morgan fingerprint density at radius 1 is 1.42 bits per heavy atom. The van der Waals surface area contributed by atoms with Crippen molar-refractivity contribution in [3.05, 3.63) is 22.9 Å². The number of nitrogens with zero attached hydrogens (tertiary/aromatic N) is 1. The number of Topliss-reactive ketones (excluding diaryl/α,β-unsaturated/α-hetero) is 1. The van der Waals surface area contributed by atoms with Crippen molar-refractivity contribution in [3.63, 3.8) is 0 Å². The molecular formula is C17H26ClNO6S. The van der Waals surface area contributed by atoms with Gasteiger partial charge in [0.25, 0.3) is 0 Å². The van der Waals surface area contributed by atoms with E-state index in [1.54, 1.807) is 6.92 Å². The van der Waals surface area contributed by atoms with Gasteiger partial charge in [-0.1, -0.05) is 30.6 Å². The van der Waals surface area contributed by atoms with Gasteiger partial charge < -0.3 is 15.1 Å². The zero-order chi connectivity index (χ0) is 20.0. The second kappa shape index (κ2) is 9.53. The van der Waals surface area contributed by atoms with Crippen LogP contribution in [0.25, 0.3) is 0 Å². The van der Waals surface area contributed by atoms with E-state index in [1.807, 2.05) is 0 Å². The van der Waals surface area contributed by atoms with E-state index in [1.165, 1.54) is 25.5 Å². The lowest BCUT2D eigenvalue weighted by Gasteiger charge is -2.34. The van der Waals surface area contributed by atoms with Crippen LogP contribution in [0.1, 0.15) is 46.5 Å². The molecule has 0 saturated heterocycles. The van der Waals surface area contributed by atoms with Gasteiger partial charge in [-0.2, -0.15) is 0 Å². The maximum absolute atomic E-state index is 12.5. The first-order chi connectivity index (χ1) is 12.1. The van der Waals surface area contributed by atoms with E-state index in [-0.39, 0.29) is 48.7 Å². The van der Waals surface area contributed by atoms with Crippen molar-refractivity contribution >= 4 is 32.9 Å². The molecule has 7 nitrogen and oxygen atoms in total. The van der Waals surface area contributed by atoms with Crippen molar-refractivity contribution in [1.29, 1.82) is 0 Å². The Balaban J connectivity index is 3.03. The molecule has 9 heteroatoms. The molecule has 0 spiro atoms. The lowest BCUT2D eigenvalue weighted by atomic mass is 9.79. The van der Waals surface area contributed by atoms with Gasteiger partial charge in [0.15, 0.2) is 15.6 Å². The summed E-state index contributed by atoms with van der Waals surface area (Å²) in [6.07, 6.45) is 1.25. The summed E-state index contributed by atoms with van der Waals surface area (Å²) in [6, 6.07) is 0. The SMILES string of the molecule is CCC(=NOCC=CCl)C1=C(O)CC(O)(CC(C)S(=O)(=O)CC)CC1=O. The largest absolute Gasteiger partial charge is 0.511 e. The fourth-order valence-corrected chi connectivity index (χ4v) is 4.12. The quantitative estimate of drug-likeness (QED) is 0.345. The Morgan fingerprint density at radius 2 is 2.08 bits per heavy atom. The molecule has 0 aromatic carbocycles. The molecule has 0 saturated carbocycles. The molecule has 26 heavy (non-hydrogen) atoms. The molecule has 0 aliphatic heterocycles. The maximum atomic E-state index is 12.5. The van der Waals surface area contributed by atoms with Gasteiger partial charge in [0, 0.05) is 24.1 Å². The van der Waals surface area contributed by atoms with Crippen LogP contribution in [0.15, 0.2) is 28.1 Å². The summed E-state index contributed by atoms with van der Waals surface area (Å²) in [5, 5.41) is 24.1. The average Bonchev–Trinajstić information content (AvgIpc) is 2.55. The fraction of sp³-hybridized carbons (Fsp3) is 0.647. The molecule has 1 aliphatic carbocycles. The van der Waals surface area contributed by atoms with Gasteiger partial charge >= 0.3 is 0 Å². The number of hydrogen-bond acceptors (Lipinski definition) is 7. The summed E-state index contributed by atoms with van der Waals surface area (Å²) in [6.45, 7) is 4.89.